The van der Waals surface area contributed by atoms with Gasteiger partial charge in [0.25, 0.3) is 5.91 Å². The van der Waals surface area contributed by atoms with Gasteiger partial charge in [-0.1, -0.05) is 17.7 Å². The molecule has 0 spiro atoms. The van der Waals surface area contributed by atoms with Crippen molar-refractivity contribution in [2.75, 3.05) is 0 Å². The second-order valence-corrected chi connectivity index (χ2v) is 4.90. The predicted octanol–water partition coefficient (Wildman–Crippen LogP) is 2.28. The summed E-state index contributed by atoms with van der Waals surface area (Å²) in [4.78, 5) is 12.1. The van der Waals surface area contributed by atoms with E-state index >= 15 is 0 Å². The molecule has 1 heterocycles. The molecule has 0 saturated carbocycles. The number of nitrogens with zero attached hydrogens (tertiary/aromatic N) is 2. The molecule has 0 radical (unpaired) electrons. The first-order chi connectivity index (χ1) is 8.97. The number of rotatable bonds is 3. The molecule has 19 heavy (non-hydrogen) atoms. The first-order valence-electron chi connectivity index (χ1n) is 6.32. The third-order valence-corrected chi connectivity index (χ3v) is 3.22. The van der Waals surface area contributed by atoms with Gasteiger partial charge in [-0.15, -0.1) is 0 Å². The summed E-state index contributed by atoms with van der Waals surface area (Å²) in [6.07, 6.45) is 0. The average Bonchev–Trinajstić information content (AvgIpc) is 2.66. The van der Waals surface area contributed by atoms with Gasteiger partial charge in [0.1, 0.15) is 0 Å². The van der Waals surface area contributed by atoms with E-state index in [1.54, 1.807) is 4.68 Å². The Kier molecular flexibility index (Phi) is 3.69. The Morgan fingerprint density at radius 2 is 2.00 bits per heavy atom. The zero-order chi connectivity index (χ0) is 14.0. The van der Waals surface area contributed by atoms with E-state index in [9.17, 15) is 4.79 Å². The molecule has 0 atom stereocenters. The highest BCUT2D eigenvalue weighted by Crippen LogP contribution is 2.10. The van der Waals surface area contributed by atoms with Crippen molar-refractivity contribution in [2.24, 2.45) is 7.05 Å². The fourth-order valence-electron chi connectivity index (χ4n) is 2.06. The molecular weight excluding hydrogens is 238 g/mol. The second-order valence-electron chi connectivity index (χ2n) is 4.90. The summed E-state index contributed by atoms with van der Waals surface area (Å²) < 4.78 is 1.80. The highest BCUT2D eigenvalue weighted by atomic mass is 16.1. The minimum absolute atomic E-state index is 0.0548. The quantitative estimate of drug-likeness (QED) is 0.917. The van der Waals surface area contributed by atoms with Crippen LogP contribution in [0.4, 0.5) is 0 Å². The van der Waals surface area contributed by atoms with Gasteiger partial charge < -0.3 is 5.32 Å². The fourth-order valence-corrected chi connectivity index (χ4v) is 2.06. The molecule has 2 aromatic rings. The number of amides is 1. The van der Waals surface area contributed by atoms with E-state index in [-0.39, 0.29) is 5.91 Å². The number of benzene rings is 1. The minimum atomic E-state index is -0.0548. The summed E-state index contributed by atoms with van der Waals surface area (Å²) in [5.74, 6) is -0.0548. The summed E-state index contributed by atoms with van der Waals surface area (Å²) in [7, 11) is 1.89. The Morgan fingerprint density at radius 1 is 1.26 bits per heavy atom. The van der Waals surface area contributed by atoms with Crippen LogP contribution in [0.2, 0.25) is 0 Å². The number of hydrogen-bond donors (Lipinski definition) is 1. The zero-order valence-electron chi connectivity index (χ0n) is 11.8. The van der Waals surface area contributed by atoms with Gasteiger partial charge in [-0.25, -0.2) is 0 Å². The lowest BCUT2D eigenvalue weighted by Crippen LogP contribution is -2.23. The molecule has 100 valence electrons. The lowest BCUT2D eigenvalue weighted by Gasteiger charge is -2.07. The van der Waals surface area contributed by atoms with E-state index < -0.39 is 0 Å². The SMILES string of the molecule is Cc1ccc(C(=O)NCc2cc(C)n(C)n2)c(C)c1. The van der Waals surface area contributed by atoms with E-state index in [0.717, 1.165) is 28.1 Å². The maximum absolute atomic E-state index is 12.1. The number of carbonyl (C=O) groups is 1. The molecule has 4 heteroatoms. The van der Waals surface area contributed by atoms with E-state index in [4.69, 9.17) is 0 Å². The van der Waals surface area contributed by atoms with Crippen LogP contribution in [0, 0.1) is 20.8 Å². The highest BCUT2D eigenvalue weighted by molar-refractivity contribution is 5.95. The van der Waals surface area contributed by atoms with Crippen LogP contribution in [0.15, 0.2) is 24.3 Å². The molecule has 0 bridgehead atoms. The van der Waals surface area contributed by atoms with Crippen LogP contribution in [0.5, 0.6) is 0 Å². The van der Waals surface area contributed by atoms with Crippen LogP contribution in [-0.2, 0) is 13.6 Å². The number of nitrogens with one attached hydrogen (secondary N) is 1. The third kappa shape index (κ3) is 3.02. The normalized spacial score (nSPS) is 10.5. The number of carbonyl (C=O) groups excluding carboxylic acids is 1. The molecule has 0 aliphatic heterocycles. The summed E-state index contributed by atoms with van der Waals surface area (Å²) in [6, 6.07) is 7.80. The van der Waals surface area contributed by atoms with Crippen molar-refractivity contribution in [3.05, 3.63) is 52.3 Å². The van der Waals surface area contributed by atoms with E-state index in [0.29, 0.717) is 6.54 Å². The minimum Gasteiger partial charge on any atom is -0.346 e. The molecule has 1 aromatic heterocycles. The van der Waals surface area contributed by atoms with Crippen LogP contribution in [-0.4, -0.2) is 15.7 Å². The van der Waals surface area contributed by atoms with Gasteiger partial charge in [-0.2, -0.15) is 5.10 Å². The zero-order valence-corrected chi connectivity index (χ0v) is 11.8. The van der Waals surface area contributed by atoms with Gasteiger partial charge in [0.05, 0.1) is 12.2 Å². The predicted molar refractivity (Wildman–Crippen MR) is 75.0 cm³/mol. The molecular formula is C15H19N3O. The summed E-state index contributed by atoms with van der Waals surface area (Å²) in [6.45, 7) is 6.41. The molecule has 1 aromatic carbocycles. The van der Waals surface area contributed by atoms with Crippen LogP contribution >= 0.6 is 0 Å². The standard InChI is InChI=1S/C15H19N3O/c1-10-5-6-14(11(2)7-10)15(19)16-9-13-8-12(3)18(4)17-13/h5-8H,9H2,1-4H3,(H,16,19). The number of hydrogen-bond acceptors (Lipinski definition) is 2. The molecule has 0 saturated heterocycles. The first kappa shape index (κ1) is 13.3. The maximum Gasteiger partial charge on any atom is 0.251 e. The fraction of sp³-hybridized carbons (Fsp3) is 0.333. The Labute approximate surface area is 113 Å². The lowest BCUT2D eigenvalue weighted by molar-refractivity contribution is 0.0949. The van der Waals surface area contributed by atoms with Gasteiger partial charge in [-0.3, -0.25) is 9.48 Å². The molecule has 4 nitrogen and oxygen atoms in total. The van der Waals surface area contributed by atoms with Gasteiger partial charge >= 0.3 is 0 Å². The Balaban J connectivity index is 2.05. The molecule has 0 unspecified atom stereocenters. The van der Waals surface area contributed by atoms with Crippen LogP contribution < -0.4 is 5.32 Å². The Bertz CT molecular complexity index is 594. The van der Waals surface area contributed by atoms with Crippen molar-refractivity contribution in [1.29, 1.82) is 0 Å². The van der Waals surface area contributed by atoms with Crippen molar-refractivity contribution in [3.63, 3.8) is 0 Å². The molecule has 0 aliphatic rings. The smallest absolute Gasteiger partial charge is 0.251 e. The Morgan fingerprint density at radius 3 is 2.58 bits per heavy atom. The van der Waals surface area contributed by atoms with Gasteiger partial charge in [0, 0.05) is 18.3 Å². The highest BCUT2D eigenvalue weighted by Gasteiger charge is 2.09. The van der Waals surface area contributed by atoms with Crippen molar-refractivity contribution >= 4 is 5.91 Å². The van der Waals surface area contributed by atoms with Crippen LogP contribution in [0.1, 0.15) is 32.9 Å². The van der Waals surface area contributed by atoms with Gasteiger partial charge in [0.15, 0.2) is 0 Å². The average molecular weight is 257 g/mol. The van der Waals surface area contributed by atoms with E-state index in [2.05, 4.69) is 10.4 Å². The monoisotopic (exact) mass is 257 g/mol. The molecule has 2 rings (SSSR count). The van der Waals surface area contributed by atoms with Gasteiger partial charge in [0.2, 0.25) is 0 Å². The summed E-state index contributed by atoms with van der Waals surface area (Å²) >= 11 is 0. The van der Waals surface area contributed by atoms with Crippen molar-refractivity contribution < 1.29 is 4.79 Å². The van der Waals surface area contributed by atoms with E-state index in [1.807, 2.05) is 52.1 Å². The Hall–Kier alpha value is -2.10. The number of aryl methyl sites for hydroxylation is 4. The molecule has 0 fully saturated rings. The van der Waals surface area contributed by atoms with E-state index in [1.165, 1.54) is 0 Å². The van der Waals surface area contributed by atoms with Crippen LogP contribution in [0.3, 0.4) is 0 Å². The topological polar surface area (TPSA) is 46.9 Å². The lowest BCUT2D eigenvalue weighted by atomic mass is 10.1. The summed E-state index contributed by atoms with van der Waals surface area (Å²) in [5, 5.41) is 7.22. The molecule has 1 N–H and O–H groups in total. The second kappa shape index (κ2) is 5.26. The summed E-state index contributed by atoms with van der Waals surface area (Å²) in [5.41, 5.74) is 4.83. The third-order valence-electron chi connectivity index (χ3n) is 3.22. The number of aromatic nitrogens is 2. The van der Waals surface area contributed by atoms with Crippen LogP contribution in [0.25, 0.3) is 0 Å². The molecule has 0 aliphatic carbocycles. The van der Waals surface area contributed by atoms with Crippen molar-refractivity contribution in [3.8, 4) is 0 Å². The maximum atomic E-state index is 12.1. The first-order valence-corrected chi connectivity index (χ1v) is 6.32. The van der Waals surface area contributed by atoms with Gasteiger partial charge in [-0.05, 0) is 38.5 Å². The van der Waals surface area contributed by atoms with Crippen molar-refractivity contribution in [1.82, 2.24) is 15.1 Å². The van der Waals surface area contributed by atoms with Crippen molar-refractivity contribution in [2.45, 2.75) is 27.3 Å². The largest absolute Gasteiger partial charge is 0.346 e. The molecule has 1 amide bonds.